The third-order valence-electron chi connectivity index (χ3n) is 4.80. The van der Waals surface area contributed by atoms with E-state index in [1.807, 2.05) is 0 Å². The SMILES string of the molecule is O=C(NS(=O)(=O)CC1CCCCO1)c1cc(C2CCCCC2)[nH]n1. The fourth-order valence-corrected chi connectivity index (χ4v) is 4.72. The van der Waals surface area contributed by atoms with Crippen LogP contribution in [0, 0.1) is 0 Å². The lowest BCUT2D eigenvalue weighted by molar-refractivity contribution is 0.0304. The molecule has 1 unspecified atom stereocenters. The third-order valence-corrected chi connectivity index (χ3v) is 6.11. The quantitative estimate of drug-likeness (QED) is 0.842. The summed E-state index contributed by atoms with van der Waals surface area (Å²) in [5, 5.41) is 6.88. The molecule has 0 aromatic carbocycles. The predicted octanol–water partition coefficient (Wildman–Crippen LogP) is 2.09. The van der Waals surface area contributed by atoms with Crippen molar-refractivity contribution in [1.82, 2.24) is 14.9 Å². The highest BCUT2D eigenvalue weighted by molar-refractivity contribution is 7.90. The highest BCUT2D eigenvalue weighted by Crippen LogP contribution is 2.31. The number of nitrogens with one attached hydrogen (secondary N) is 2. The molecule has 0 radical (unpaired) electrons. The van der Waals surface area contributed by atoms with Gasteiger partial charge in [0.1, 0.15) is 0 Å². The number of carbonyl (C=O) groups excluding carboxylic acids is 1. The van der Waals surface area contributed by atoms with Crippen LogP contribution in [0.1, 0.15) is 73.5 Å². The Morgan fingerprint density at radius 1 is 1.21 bits per heavy atom. The zero-order valence-corrected chi connectivity index (χ0v) is 14.6. The van der Waals surface area contributed by atoms with Crippen molar-refractivity contribution < 1.29 is 17.9 Å². The van der Waals surface area contributed by atoms with E-state index in [4.69, 9.17) is 4.74 Å². The van der Waals surface area contributed by atoms with E-state index < -0.39 is 15.9 Å². The highest BCUT2D eigenvalue weighted by atomic mass is 32.2. The van der Waals surface area contributed by atoms with Crippen molar-refractivity contribution in [2.75, 3.05) is 12.4 Å². The average molecular weight is 355 g/mol. The van der Waals surface area contributed by atoms with E-state index in [9.17, 15) is 13.2 Å². The Kier molecular flexibility index (Phi) is 5.55. The topological polar surface area (TPSA) is 101 Å². The van der Waals surface area contributed by atoms with E-state index in [1.165, 1.54) is 19.3 Å². The first-order valence-electron chi connectivity index (χ1n) is 8.75. The van der Waals surface area contributed by atoms with Crippen molar-refractivity contribution in [1.29, 1.82) is 0 Å². The number of rotatable bonds is 5. The summed E-state index contributed by atoms with van der Waals surface area (Å²) in [7, 11) is -3.72. The van der Waals surface area contributed by atoms with Crippen molar-refractivity contribution in [2.24, 2.45) is 0 Å². The smallest absolute Gasteiger partial charge is 0.285 e. The van der Waals surface area contributed by atoms with E-state index in [0.717, 1.165) is 31.4 Å². The van der Waals surface area contributed by atoms with Crippen LogP contribution in [0.3, 0.4) is 0 Å². The molecule has 8 heteroatoms. The van der Waals surface area contributed by atoms with Crippen molar-refractivity contribution in [2.45, 2.75) is 63.4 Å². The lowest BCUT2D eigenvalue weighted by Crippen LogP contribution is -2.38. The molecule has 1 amide bonds. The van der Waals surface area contributed by atoms with Gasteiger partial charge in [0, 0.05) is 18.2 Å². The van der Waals surface area contributed by atoms with Crippen LogP contribution in [-0.4, -0.2) is 43.0 Å². The van der Waals surface area contributed by atoms with E-state index in [0.29, 0.717) is 18.9 Å². The van der Waals surface area contributed by atoms with Crippen molar-refractivity contribution >= 4 is 15.9 Å². The second-order valence-corrected chi connectivity index (χ2v) is 8.51. The van der Waals surface area contributed by atoms with E-state index in [1.54, 1.807) is 6.07 Å². The Hall–Kier alpha value is -1.41. The van der Waals surface area contributed by atoms with E-state index in [2.05, 4.69) is 14.9 Å². The molecule has 1 aromatic heterocycles. The minimum atomic E-state index is -3.72. The monoisotopic (exact) mass is 355 g/mol. The number of nitrogens with zero attached hydrogens (tertiary/aromatic N) is 1. The molecule has 1 aromatic rings. The molecule has 2 N–H and O–H groups in total. The Bertz CT molecular complexity index is 659. The summed E-state index contributed by atoms with van der Waals surface area (Å²) in [4.78, 5) is 12.2. The maximum absolute atomic E-state index is 12.2. The molecular formula is C16H25N3O4S. The molecule has 7 nitrogen and oxygen atoms in total. The number of aromatic nitrogens is 2. The third kappa shape index (κ3) is 4.57. The van der Waals surface area contributed by atoms with Gasteiger partial charge in [-0.05, 0) is 38.2 Å². The molecule has 2 heterocycles. The van der Waals surface area contributed by atoms with Crippen molar-refractivity contribution in [3.05, 3.63) is 17.5 Å². The van der Waals surface area contributed by atoms with Gasteiger partial charge in [-0.15, -0.1) is 0 Å². The molecule has 24 heavy (non-hydrogen) atoms. The van der Waals surface area contributed by atoms with Gasteiger partial charge in [-0.2, -0.15) is 5.10 Å². The fourth-order valence-electron chi connectivity index (χ4n) is 3.49. The number of amides is 1. The molecule has 134 valence electrons. The standard InChI is InChI=1S/C16H25N3O4S/c20-16(19-24(21,22)11-13-8-4-5-9-23-13)15-10-14(17-18-15)12-6-2-1-3-7-12/h10,12-13H,1-9,11H2,(H,17,18)(H,19,20). The number of aromatic amines is 1. The summed E-state index contributed by atoms with van der Waals surface area (Å²) in [5.41, 5.74) is 1.05. The lowest BCUT2D eigenvalue weighted by Gasteiger charge is -2.22. The Morgan fingerprint density at radius 3 is 2.67 bits per heavy atom. The molecule has 2 aliphatic rings. The van der Waals surface area contributed by atoms with Gasteiger partial charge in [-0.25, -0.2) is 13.1 Å². The van der Waals surface area contributed by atoms with Gasteiger partial charge < -0.3 is 4.74 Å². The second kappa shape index (κ2) is 7.65. The van der Waals surface area contributed by atoms with Crippen LogP contribution in [-0.2, 0) is 14.8 Å². The fraction of sp³-hybridized carbons (Fsp3) is 0.750. The molecule has 0 spiro atoms. The zero-order chi connectivity index (χ0) is 17.0. The molecular weight excluding hydrogens is 330 g/mol. The van der Waals surface area contributed by atoms with Crippen molar-refractivity contribution in [3.63, 3.8) is 0 Å². The van der Waals surface area contributed by atoms with Crippen LogP contribution in [0.25, 0.3) is 0 Å². The number of carbonyl (C=O) groups is 1. The molecule has 1 saturated heterocycles. The van der Waals surface area contributed by atoms with Gasteiger partial charge >= 0.3 is 0 Å². The first kappa shape index (κ1) is 17.4. The number of hydrogen-bond acceptors (Lipinski definition) is 5. The van der Waals surface area contributed by atoms with Gasteiger partial charge in [-0.1, -0.05) is 19.3 Å². The molecule has 1 aliphatic heterocycles. The summed E-state index contributed by atoms with van der Waals surface area (Å²) in [6.07, 6.45) is 8.07. The van der Waals surface area contributed by atoms with E-state index >= 15 is 0 Å². The second-order valence-electron chi connectivity index (χ2n) is 6.74. The number of sulfonamides is 1. The molecule has 0 bridgehead atoms. The summed E-state index contributed by atoms with van der Waals surface area (Å²) >= 11 is 0. The summed E-state index contributed by atoms with van der Waals surface area (Å²) in [5.74, 6) is -0.470. The summed E-state index contributed by atoms with van der Waals surface area (Å²) in [6.45, 7) is 0.582. The Balaban J connectivity index is 1.58. The minimum absolute atomic E-state index is 0.128. The van der Waals surface area contributed by atoms with Crippen LogP contribution in [0.5, 0.6) is 0 Å². The van der Waals surface area contributed by atoms with Crippen LogP contribution >= 0.6 is 0 Å². The number of H-pyrrole nitrogens is 1. The first-order chi connectivity index (χ1) is 11.5. The molecule has 3 rings (SSSR count). The largest absolute Gasteiger partial charge is 0.377 e. The van der Waals surface area contributed by atoms with Gasteiger partial charge in [0.25, 0.3) is 5.91 Å². The lowest BCUT2D eigenvalue weighted by atomic mass is 9.87. The summed E-state index contributed by atoms with van der Waals surface area (Å²) in [6, 6.07) is 1.68. The minimum Gasteiger partial charge on any atom is -0.377 e. The van der Waals surface area contributed by atoms with Gasteiger partial charge in [-0.3, -0.25) is 9.89 Å². The first-order valence-corrected chi connectivity index (χ1v) is 10.4. The van der Waals surface area contributed by atoms with Crippen LogP contribution in [0.2, 0.25) is 0 Å². The maximum atomic E-state index is 12.2. The molecule has 2 fully saturated rings. The van der Waals surface area contributed by atoms with Crippen molar-refractivity contribution in [3.8, 4) is 0 Å². The van der Waals surface area contributed by atoms with Crippen LogP contribution < -0.4 is 4.72 Å². The normalized spacial score (nSPS) is 23.1. The maximum Gasteiger partial charge on any atom is 0.285 e. The Labute approximate surface area is 142 Å². The highest BCUT2D eigenvalue weighted by Gasteiger charge is 2.26. The van der Waals surface area contributed by atoms with Gasteiger partial charge in [0.05, 0.1) is 11.9 Å². The average Bonchev–Trinajstić information content (AvgIpc) is 3.06. The zero-order valence-electron chi connectivity index (χ0n) is 13.8. The number of ether oxygens (including phenoxy) is 1. The predicted molar refractivity (Wildman–Crippen MR) is 89.3 cm³/mol. The molecule has 1 aliphatic carbocycles. The number of hydrogen-bond donors (Lipinski definition) is 2. The van der Waals surface area contributed by atoms with E-state index in [-0.39, 0.29) is 17.6 Å². The molecule has 1 atom stereocenters. The van der Waals surface area contributed by atoms with Crippen LogP contribution in [0.15, 0.2) is 6.07 Å². The molecule has 1 saturated carbocycles. The van der Waals surface area contributed by atoms with Crippen LogP contribution in [0.4, 0.5) is 0 Å². The summed E-state index contributed by atoms with van der Waals surface area (Å²) < 4.78 is 31.8. The Morgan fingerprint density at radius 2 is 1.96 bits per heavy atom. The van der Waals surface area contributed by atoms with Gasteiger partial charge in [0.15, 0.2) is 5.69 Å². The van der Waals surface area contributed by atoms with Gasteiger partial charge in [0.2, 0.25) is 10.0 Å².